The van der Waals surface area contributed by atoms with Crippen molar-refractivity contribution >= 4 is 10.0 Å². The minimum Gasteiger partial charge on any atom is -0.435 e. The molecule has 0 aliphatic rings. The van der Waals surface area contributed by atoms with Crippen molar-refractivity contribution < 1.29 is 21.9 Å². The first-order chi connectivity index (χ1) is 11.3. The Labute approximate surface area is 138 Å². The SMILES string of the molecule is C[C@H](NS(=O)(=O)c1cccc(C#N)c1)c1cccc(OC(F)F)c1. The molecule has 24 heavy (non-hydrogen) atoms. The van der Waals surface area contributed by atoms with Gasteiger partial charge in [-0.3, -0.25) is 0 Å². The maximum Gasteiger partial charge on any atom is 0.387 e. The Kier molecular flexibility index (Phi) is 5.49. The van der Waals surface area contributed by atoms with Crippen LogP contribution in [0.5, 0.6) is 5.75 Å². The highest BCUT2D eigenvalue weighted by molar-refractivity contribution is 7.89. The van der Waals surface area contributed by atoms with E-state index in [1.165, 1.54) is 42.5 Å². The third-order valence-electron chi connectivity index (χ3n) is 3.19. The van der Waals surface area contributed by atoms with E-state index >= 15 is 0 Å². The van der Waals surface area contributed by atoms with Crippen LogP contribution >= 0.6 is 0 Å². The summed E-state index contributed by atoms with van der Waals surface area (Å²) >= 11 is 0. The van der Waals surface area contributed by atoms with Gasteiger partial charge in [0.15, 0.2) is 0 Å². The van der Waals surface area contributed by atoms with E-state index in [1.807, 2.05) is 6.07 Å². The van der Waals surface area contributed by atoms with Gasteiger partial charge in [0.1, 0.15) is 5.75 Å². The zero-order valence-corrected chi connectivity index (χ0v) is 13.4. The monoisotopic (exact) mass is 352 g/mol. The largest absolute Gasteiger partial charge is 0.435 e. The van der Waals surface area contributed by atoms with Gasteiger partial charge in [0, 0.05) is 6.04 Å². The Morgan fingerprint density at radius 2 is 1.88 bits per heavy atom. The van der Waals surface area contributed by atoms with Gasteiger partial charge >= 0.3 is 6.61 Å². The van der Waals surface area contributed by atoms with Crippen molar-refractivity contribution in [1.29, 1.82) is 5.26 Å². The van der Waals surface area contributed by atoms with Crippen LogP contribution in [0.2, 0.25) is 0 Å². The van der Waals surface area contributed by atoms with E-state index in [1.54, 1.807) is 13.0 Å². The molecule has 2 rings (SSSR count). The molecule has 0 heterocycles. The molecule has 0 bridgehead atoms. The first-order valence-electron chi connectivity index (χ1n) is 6.89. The van der Waals surface area contributed by atoms with Crippen LogP contribution in [0.25, 0.3) is 0 Å². The highest BCUT2D eigenvalue weighted by Gasteiger charge is 2.19. The minimum absolute atomic E-state index is 0.0478. The van der Waals surface area contributed by atoms with Gasteiger partial charge in [0.2, 0.25) is 10.0 Å². The molecule has 5 nitrogen and oxygen atoms in total. The molecule has 126 valence electrons. The average molecular weight is 352 g/mol. The lowest BCUT2D eigenvalue weighted by Crippen LogP contribution is -2.27. The van der Waals surface area contributed by atoms with E-state index in [0.717, 1.165) is 0 Å². The molecule has 0 unspecified atom stereocenters. The number of ether oxygens (including phenoxy) is 1. The van der Waals surface area contributed by atoms with Crippen LogP contribution < -0.4 is 9.46 Å². The Morgan fingerprint density at radius 3 is 2.54 bits per heavy atom. The van der Waals surface area contributed by atoms with Gasteiger partial charge in [-0.05, 0) is 42.8 Å². The first-order valence-corrected chi connectivity index (χ1v) is 8.37. The molecule has 2 aromatic rings. The molecule has 0 aromatic heterocycles. The van der Waals surface area contributed by atoms with E-state index in [-0.39, 0.29) is 16.2 Å². The van der Waals surface area contributed by atoms with E-state index in [0.29, 0.717) is 5.56 Å². The average Bonchev–Trinajstić information content (AvgIpc) is 2.54. The summed E-state index contributed by atoms with van der Waals surface area (Å²) in [6, 6.07) is 12.6. The number of hydrogen-bond acceptors (Lipinski definition) is 4. The fourth-order valence-electron chi connectivity index (χ4n) is 2.06. The van der Waals surface area contributed by atoms with Crippen LogP contribution in [0, 0.1) is 11.3 Å². The highest BCUT2D eigenvalue weighted by Crippen LogP contribution is 2.22. The molecule has 8 heteroatoms. The van der Waals surface area contributed by atoms with Gasteiger partial charge < -0.3 is 4.74 Å². The van der Waals surface area contributed by atoms with Crippen molar-refractivity contribution in [1.82, 2.24) is 4.72 Å². The molecule has 0 saturated heterocycles. The molecule has 0 spiro atoms. The summed E-state index contributed by atoms with van der Waals surface area (Å²) in [5.74, 6) is -0.0555. The second-order valence-electron chi connectivity index (χ2n) is 4.93. The first kappa shape index (κ1) is 17.8. The van der Waals surface area contributed by atoms with Gasteiger partial charge in [-0.1, -0.05) is 18.2 Å². The Balaban J connectivity index is 2.22. The summed E-state index contributed by atoms with van der Waals surface area (Å²) in [6.07, 6.45) is 0. The van der Waals surface area contributed by atoms with Crippen molar-refractivity contribution in [2.24, 2.45) is 0 Å². The fourth-order valence-corrected chi connectivity index (χ4v) is 3.34. The van der Waals surface area contributed by atoms with Crippen LogP contribution in [0.4, 0.5) is 8.78 Å². The third-order valence-corrected chi connectivity index (χ3v) is 4.73. The topological polar surface area (TPSA) is 79.2 Å². The number of nitriles is 1. The van der Waals surface area contributed by atoms with Crippen molar-refractivity contribution in [3.05, 3.63) is 59.7 Å². The van der Waals surface area contributed by atoms with E-state index in [2.05, 4.69) is 9.46 Å². The van der Waals surface area contributed by atoms with E-state index < -0.39 is 22.7 Å². The van der Waals surface area contributed by atoms with Crippen molar-refractivity contribution in [2.45, 2.75) is 24.5 Å². The smallest absolute Gasteiger partial charge is 0.387 e. The molecule has 0 aliphatic heterocycles. The molecule has 2 aromatic carbocycles. The molecular formula is C16H14F2N2O3S. The second-order valence-corrected chi connectivity index (χ2v) is 6.65. The normalized spacial score (nSPS) is 12.6. The molecule has 0 radical (unpaired) electrons. The van der Waals surface area contributed by atoms with Crippen molar-refractivity contribution in [3.8, 4) is 11.8 Å². The Morgan fingerprint density at radius 1 is 1.17 bits per heavy atom. The minimum atomic E-state index is -3.87. The van der Waals surface area contributed by atoms with Gasteiger partial charge in [-0.25, -0.2) is 13.1 Å². The molecule has 1 atom stereocenters. The maximum atomic E-state index is 12.4. The summed E-state index contributed by atoms with van der Waals surface area (Å²) in [5, 5.41) is 8.85. The van der Waals surface area contributed by atoms with Crippen LogP contribution in [0.1, 0.15) is 24.1 Å². The number of alkyl halides is 2. The number of sulfonamides is 1. The maximum absolute atomic E-state index is 12.4. The Bertz CT molecular complexity index is 864. The number of rotatable bonds is 6. The molecule has 0 saturated carbocycles. The lowest BCUT2D eigenvalue weighted by atomic mass is 10.1. The second kappa shape index (κ2) is 7.38. The fraction of sp³-hybridized carbons (Fsp3) is 0.188. The van der Waals surface area contributed by atoms with Crippen LogP contribution in [-0.2, 0) is 10.0 Å². The number of halogens is 2. The van der Waals surface area contributed by atoms with Crippen molar-refractivity contribution in [3.63, 3.8) is 0 Å². The van der Waals surface area contributed by atoms with Gasteiger partial charge in [0.25, 0.3) is 0 Å². The number of benzene rings is 2. The lowest BCUT2D eigenvalue weighted by Gasteiger charge is -2.16. The van der Waals surface area contributed by atoms with Gasteiger partial charge in [-0.15, -0.1) is 0 Å². The quantitative estimate of drug-likeness (QED) is 0.866. The summed E-state index contributed by atoms with van der Waals surface area (Å²) in [4.78, 5) is -0.0478. The summed E-state index contributed by atoms with van der Waals surface area (Å²) in [6.45, 7) is -1.38. The molecule has 1 N–H and O–H groups in total. The lowest BCUT2D eigenvalue weighted by molar-refractivity contribution is -0.0499. The summed E-state index contributed by atoms with van der Waals surface area (Å²) in [7, 11) is -3.87. The number of hydrogen-bond donors (Lipinski definition) is 1. The van der Waals surface area contributed by atoms with Gasteiger partial charge in [-0.2, -0.15) is 14.0 Å². The number of nitrogens with one attached hydrogen (secondary N) is 1. The third kappa shape index (κ3) is 4.50. The standard InChI is InChI=1S/C16H14F2N2O3S/c1-11(13-5-3-6-14(9-13)23-16(17)18)20-24(21,22)15-7-2-4-12(8-15)10-19/h2-9,11,16,20H,1H3/t11-/m0/s1. The predicted octanol–water partition coefficient (Wildman–Crippen LogP) is 3.20. The molecule has 0 amide bonds. The van der Waals surface area contributed by atoms with Crippen molar-refractivity contribution in [2.75, 3.05) is 0 Å². The van der Waals surface area contributed by atoms with Crippen LogP contribution in [0.15, 0.2) is 53.4 Å². The Hall–Kier alpha value is -2.50. The summed E-state index contributed by atoms with van der Waals surface area (Å²) < 4.78 is 56.0. The predicted molar refractivity (Wildman–Crippen MR) is 83.0 cm³/mol. The summed E-state index contributed by atoms with van der Waals surface area (Å²) in [5.41, 5.74) is 0.686. The van der Waals surface area contributed by atoms with Crippen LogP contribution in [0.3, 0.4) is 0 Å². The molecule has 0 aliphatic carbocycles. The van der Waals surface area contributed by atoms with Gasteiger partial charge in [0.05, 0.1) is 16.5 Å². The zero-order valence-electron chi connectivity index (χ0n) is 12.6. The molecular weight excluding hydrogens is 338 g/mol. The molecule has 0 fully saturated rings. The zero-order chi connectivity index (χ0) is 17.7. The van der Waals surface area contributed by atoms with E-state index in [4.69, 9.17) is 5.26 Å². The van der Waals surface area contributed by atoms with E-state index in [9.17, 15) is 17.2 Å². The van der Waals surface area contributed by atoms with Crippen LogP contribution in [-0.4, -0.2) is 15.0 Å². The number of nitrogens with zero attached hydrogens (tertiary/aromatic N) is 1. The highest BCUT2D eigenvalue weighted by atomic mass is 32.2.